The van der Waals surface area contributed by atoms with E-state index in [1.807, 2.05) is 0 Å². The Morgan fingerprint density at radius 2 is 1.94 bits per heavy atom. The summed E-state index contributed by atoms with van der Waals surface area (Å²) in [5.74, 6) is 2.76. The van der Waals surface area contributed by atoms with Gasteiger partial charge in [0.15, 0.2) is 0 Å². The summed E-state index contributed by atoms with van der Waals surface area (Å²) in [4.78, 5) is 2.45. The highest BCUT2D eigenvalue weighted by molar-refractivity contribution is 5.48. The average molecular weight is 242 g/mol. The van der Waals surface area contributed by atoms with Gasteiger partial charge in [-0.2, -0.15) is 0 Å². The maximum atomic E-state index is 5.44. The van der Waals surface area contributed by atoms with E-state index in [1.54, 1.807) is 0 Å². The van der Waals surface area contributed by atoms with Crippen molar-refractivity contribution in [1.29, 1.82) is 0 Å². The lowest BCUT2D eigenvalue weighted by Gasteiger charge is -2.18. The summed E-state index contributed by atoms with van der Waals surface area (Å²) in [5.41, 5.74) is 2.65. The highest BCUT2D eigenvalue weighted by atomic mass is 15.1. The van der Waals surface area contributed by atoms with Crippen molar-refractivity contribution >= 4 is 5.69 Å². The maximum Gasteiger partial charge on any atom is 0.0686 e. The second-order valence-electron chi connectivity index (χ2n) is 4.87. The van der Waals surface area contributed by atoms with Crippen LogP contribution in [0.4, 0.5) is 5.69 Å². The molecule has 2 nitrogen and oxygen atoms in total. The normalized spacial score (nSPS) is 16.6. The van der Waals surface area contributed by atoms with Gasteiger partial charge in [-0.05, 0) is 37.0 Å². The smallest absolute Gasteiger partial charge is 0.0686 e. The summed E-state index contributed by atoms with van der Waals surface area (Å²) in [7, 11) is 0. The van der Waals surface area contributed by atoms with Crippen LogP contribution >= 0.6 is 0 Å². The average Bonchev–Trinajstić information content (AvgIpc) is 2.94. The van der Waals surface area contributed by atoms with Gasteiger partial charge in [0, 0.05) is 25.3 Å². The topological polar surface area (TPSA) is 15.3 Å². The molecule has 96 valence electrons. The zero-order valence-electron chi connectivity index (χ0n) is 11.2. The molecule has 2 heteroatoms. The third kappa shape index (κ3) is 3.27. The molecule has 1 atom stereocenters. The Balaban J connectivity index is 1.89. The SMILES string of the molecule is C#CC(CC)NCc1ccc(N2CCCC2)cc1. The van der Waals surface area contributed by atoms with Crippen molar-refractivity contribution in [2.24, 2.45) is 0 Å². The molecule has 1 aromatic rings. The Bertz CT molecular complexity index is 396. The van der Waals surface area contributed by atoms with Gasteiger partial charge < -0.3 is 4.90 Å². The number of terminal acetylenes is 1. The van der Waals surface area contributed by atoms with Crippen molar-refractivity contribution < 1.29 is 0 Å². The van der Waals surface area contributed by atoms with Gasteiger partial charge in [0.25, 0.3) is 0 Å². The first-order valence-corrected chi connectivity index (χ1v) is 6.87. The summed E-state index contributed by atoms with van der Waals surface area (Å²) < 4.78 is 0. The molecule has 0 aromatic heterocycles. The molecule has 0 spiro atoms. The molecule has 1 N–H and O–H groups in total. The van der Waals surface area contributed by atoms with Crippen LogP contribution in [-0.2, 0) is 6.54 Å². The number of hydrogen-bond donors (Lipinski definition) is 1. The molecule has 1 fully saturated rings. The van der Waals surface area contributed by atoms with Gasteiger partial charge in [0.05, 0.1) is 6.04 Å². The van der Waals surface area contributed by atoms with E-state index in [0.29, 0.717) is 0 Å². The van der Waals surface area contributed by atoms with Crippen molar-refractivity contribution in [2.75, 3.05) is 18.0 Å². The van der Waals surface area contributed by atoms with Crippen LogP contribution in [0.5, 0.6) is 0 Å². The van der Waals surface area contributed by atoms with Crippen LogP contribution in [0.2, 0.25) is 0 Å². The lowest BCUT2D eigenvalue weighted by Crippen LogP contribution is -2.26. The molecule has 0 saturated carbocycles. The third-order valence-electron chi connectivity index (χ3n) is 3.57. The summed E-state index contributed by atoms with van der Waals surface area (Å²) in [6.45, 7) is 5.36. The molecule has 0 amide bonds. The number of benzene rings is 1. The molecular weight excluding hydrogens is 220 g/mol. The second-order valence-corrected chi connectivity index (χ2v) is 4.87. The van der Waals surface area contributed by atoms with E-state index in [-0.39, 0.29) is 6.04 Å². The molecular formula is C16H22N2. The van der Waals surface area contributed by atoms with Gasteiger partial charge in [0.2, 0.25) is 0 Å². The Kier molecular flexibility index (Phi) is 4.66. The summed E-state index contributed by atoms with van der Waals surface area (Å²) in [6.07, 6.45) is 9.06. The predicted octanol–water partition coefficient (Wildman–Crippen LogP) is 2.79. The molecule has 18 heavy (non-hydrogen) atoms. The van der Waals surface area contributed by atoms with Crippen LogP contribution < -0.4 is 10.2 Å². The predicted molar refractivity (Wildman–Crippen MR) is 77.6 cm³/mol. The highest BCUT2D eigenvalue weighted by Gasteiger charge is 2.11. The molecule has 0 bridgehead atoms. The van der Waals surface area contributed by atoms with Crippen LogP contribution in [0, 0.1) is 12.3 Å². The first-order chi connectivity index (χ1) is 8.83. The van der Waals surface area contributed by atoms with Crippen LogP contribution in [0.25, 0.3) is 0 Å². The number of hydrogen-bond acceptors (Lipinski definition) is 2. The molecule has 1 saturated heterocycles. The summed E-state index contributed by atoms with van der Waals surface area (Å²) >= 11 is 0. The third-order valence-corrected chi connectivity index (χ3v) is 3.57. The molecule has 1 aliphatic rings. The fourth-order valence-electron chi connectivity index (χ4n) is 2.36. The zero-order chi connectivity index (χ0) is 12.8. The molecule has 2 rings (SSSR count). The van der Waals surface area contributed by atoms with E-state index < -0.39 is 0 Å². The number of rotatable bonds is 5. The van der Waals surface area contributed by atoms with Crippen LogP contribution in [0.15, 0.2) is 24.3 Å². The minimum Gasteiger partial charge on any atom is -0.372 e. The second kappa shape index (κ2) is 6.47. The molecule has 1 heterocycles. The van der Waals surface area contributed by atoms with Crippen molar-refractivity contribution in [3.8, 4) is 12.3 Å². The molecule has 1 aromatic carbocycles. The maximum absolute atomic E-state index is 5.44. The fraction of sp³-hybridized carbons (Fsp3) is 0.500. The highest BCUT2D eigenvalue weighted by Crippen LogP contribution is 2.20. The van der Waals surface area contributed by atoms with E-state index in [0.717, 1.165) is 13.0 Å². The molecule has 1 aliphatic heterocycles. The van der Waals surface area contributed by atoms with E-state index >= 15 is 0 Å². The van der Waals surface area contributed by atoms with Crippen LogP contribution in [0.1, 0.15) is 31.7 Å². The van der Waals surface area contributed by atoms with Gasteiger partial charge >= 0.3 is 0 Å². The Morgan fingerprint density at radius 1 is 1.28 bits per heavy atom. The van der Waals surface area contributed by atoms with Crippen molar-refractivity contribution in [3.63, 3.8) is 0 Å². The van der Waals surface area contributed by atoms with Crippen molar-refractivity contribution in [2.45, 2.75) is 38.8 Å². The summed E-state index contributed by atoms with van der Waals surface area (Å²) in [6, 6.07) is 9.02. The van der Waals surface area contributed by atoms with E-state index in [9.17, 15) is 0 Å². The van der Waals surface area contributed by atoms with E-state index in [1.165, 1.54) is 37.2 Å². The number of nitrogens with zero attached hydrogens (tertiary/aromatic N) is 1. The Morgan fingerprint density at radius 3 is 2.50 bits per heavy atom. The lowest BCUT2D eigenvalue weighted by atomic mass is 10.1. The van der Waals surface area contributed by atoms with Gasteiger partial charge in [-0.25, -0.2) is 0 Å². The van der Waals surface area contributed by atoms with Gasteiger partial charge in [-0.15, -0.1) is 6.42 Å². The first kappa shape index (κ1) is 13.0. The van der Waals surface area contributed by atoms with Gasteiger partial charge in [-0.3, -0.25) is 5.32 Å². The summed E-state index contributed by atoms with van der Waals surface area (Å²) in [5, 5.41) is 3.37. The molecule has 0 aliphatic carbocycles. The lowest BCUT2D eigenvalue weighted by molar-refractivity contribution is 0.592. The van der Waals surface area contributed by atoms with Crippen LogP contribution in [0.3, 0.4) is 0 Å². The fourth-order valence-corrected chi connectivity index (χ4v) is 2.36. The van der Waals surface area contributed by atoms with E-state index in [4.69, 9.17) is 6.42 Å². The standard InChI is InChI=1S/C16H22N2/c1-3-15(4-2)17-13-14-7-9-16(10-8-14)18-11-5-6-12-18/h1,7-10,15,17H,4-6,11-13H2,2H3. The monoisotopic (exact) mass is 242 g/mol. The first-order valence-electron chi connectivity index (χ1n) is 6.87. The van der Waals surface area contributed by atoms with E-state index in [2.05, 4.69) is 47.3 Å². The number of anilines is 1. The minimum absolute atomic E-state index is 0.184. The largest absolute Gasteiger partial charge is 0.372 e. The molecule has 1 unspecified atom stereocenters. The zero-order valence-corrected chi connectivity index (χ0v) is 11.2. The Labute approximate surface area is 110 Å². The van der Waals surface area contributed by atoms with Gasteiger partial charge in [0.1, 0.15) is 0 Å². The number of nitrogens with one attached hydrogen (secondary N) is 1. The van der Waals surface area contributed by atoms with Crippen molar-refractivity contribution in [1.82, 2.24) is 5.32 Å². The quantitative estimate of drug-likeness (QED) is 0.799. The minimum atomic E-state index is 0.184. The van der Waals surface area contributed by atoms with Crippen molar-refractivity contribution in [3.05, 3.63) is 29.8 Å². The Hall–Kier alpha value is -1.46. The van der Waals surface area contributed by atoms with Gasteiger partial charge in [-0.1, -0.05) is 25.0 Å². The van der Waals surface area contributed by atoms with Crippen LogP contribution in [-0.4, -0.2) is 19.1 Å². The molecule has 0 radical (unpaired) electrons.